The van der Waals surface area contributed by atoms with Crippen LogP contribution >= 0.6 is 22.6 Å². The van der Waals surface area contributed by atoms with E-state index < -0.39 is 0 Å². The van der Waals surface area contributed by atoms with E-state index in [1.807, 2.05) is 36.4 Å². The number of amides is 1. The molecule has 96 valence electrons. The summed E-state index contributed by atoms with van der Waals surface area (Å²) in [7, 11) is 0. The molecule has 19 heavy (non-hydrogen) atoms. The molecule has 0 spiro atoms. The number of carbonyl (C=O) groups excluding carboxylic acids is 1. The Morgan fingerprint density at radius 1 is 1.05 bits per heavy atom. The number of carbonyl (C=O) groups is 1. The van der Waals surface area contributed by atoms with Crippen LogP contribution < -0.4 is 5.32 Å². The fourth-order valence-electron chi connectivity index (χ4n) is 2.48. The number of hydrogen-bond acceptors (Lipinski definition) is 1. The monoisotopic (exact) mass is 363 g/mol. The number of benzene rings is 2. The number of hydrogen-bond donors (Lipinski definition) is 1. The van der Waals surface area contributed by atoms with Crippen molar-refractivity contribution in [1.82, 2.24) is 0 Å². The predicted molar refractivity (Wildman–Crippen MR) is 85.6 cm³/mol. The lowest BCUT2D eigenvalue weighted by Crippen LogP contribution is -2.12. The lowest BCUT2D eigenvalue weighted by atomic mass is 10.1. The Morgan fingerprint density at radius 2 is 1.89 bits per heavy atom. The van der Waals surface area contributed by atoms with Gasteiger partial charge in [-0.05, 0) is 83.3 Å². The molecule has 2 aromatic carbocycles. The number of nitrogens with one attached hydrogen (secondary N) is 1. The molecule has 3 rings (SSSR count). The Kier molecular flexibility index (Phi) is 3.55. The zero-order valence-electron chi connectivity index (χ0n) is 10.4. The van der Waals surface area contributed by atoms with E-state index in [0.29, 0.717) is 0 Å². The first-order chi connectivity index (χ1) is 9.22. The van der Waals surface area contributed by atoms with Crippen molar-refractivity contribution >= 4 is 34.2 Å². The van der Waals surface area contributed by atoms with Gasteiger partial charge in [0.15, 0.2) is 0 Å². The van der Waals surface area contributed by atoms with Gasteiger partial charge in [-0.3, -0.25) is 4.79 Å². The molecular weight excluding hydrogens is 349 g/mol. The zero-order chi connectivity index (χ0) is 13.2. The van der Waals surface area contributed by atoms with E-state index in [2.05, 4.69) is 34.0 Å². The molecule has 0 radical (unpaired) electrons. The summed E-state index contributed by atoms with van der Waals surface area (Å²) in [6.45, 7) is 0. The summed E-state index contributed by atoms with van der Waals surface area (Å²) in [5, 5.41) is 2.95. The van der Waals surface area contributed by atoms with Gasteiger partial charge in [0.25, 0.3) is 5.91 Å². The average Bonchev–Trinajstić information content (AvgIpc) is 2.85. The second kappa shape index (κ2) is 5.33. The van der Waals surface area contributed by atoms with E-state index in [0.717, 1.165) is 27.7 Å². The van der Waals surface area contributed by atoms with E-state index in [-0.39, 0.29) is 5.91 Å². The van der Waals surface area contributed by atoms with Gasteiger partial charge in [-0.1, -0.05) is 12.1 Å². The second-order valence-corrected chi connectivity index (χ2v) is 6.05. The summed E-state index contributed by atoms with van der Waals surface area (Å²) in [6, 6.07) is 13.9. The molecule has 3 heteroatoms. The van der Waals surface area contributed by atoms with Crippen molar-refractivity contribution in [1.29, 1.82) is 0 Å². The molecule has 0 unspecified atom stereocenters. The molecule has 0 fully saturated rings. The molecule has 0 heterocycles. The van der Waals surface area contributed by atoms with Crippen LogP contribution in [-0.4, -0.2) is 5.91 Å². The number of fused-ring (bicyclic) bond motifs is 1. The normalized spacial score (nSPS) is 13.1. The van der Waals surface area contributed by atoms with Gasteiger partial charge >= 0.3 is 0 Å². The maximum atomic E-state index is 12.2. The average molecular weight is 363 g/mol. The summed E-state index contributed by atoms with van der Waals surface area (Å²) < 4.78 is 1.12. The quantitative estimate of drug-likeness (QED) is 0.802. The van der Waals surface area contributed by atoms with Gasteiger partial charge in [0.2, 0.25) is 0 Å². The van der Waals surface area contributed by atoms with Crippen LogP contribution in [-0.2, 0) is 12.8 Å². The maximum absolute atomic E-state index is 12.2. The topological polar surface area (TPSA) is 29.1 Å². The summed E-state index contributed by atoms with van der Waals surface area (Å²) in [5.41, 5.74) is 4.32. The third kappa shape index (κ3) is 2.81. The summed E-state index contributed by atoms with van der Waals surface area (Å²) >= 11 is 2.24. The molecule has 1 amide bonds. The van der Waals surface area contributed by atoms with Crippen LogP contribution in [0.5, 0.6) is 0 Å². The van der Waals surface area contributed by atoms with Crippen molar-refractivity contribution in [3.05, 3.63) is 62.7 Å². The minimum atomic E-state index is -0.0308. The molecule has 0 saturated heterocycles. The van der Waals surface area contributed by atoms with Crippen LogP contribution in [0.15, 0.2) is 42.5 Å². The van der Waals surface area contributed by atoms with Crippen molar-refractivity contribution in [2.24, 2.45) is 0 Å². The minimum Gasteiger partial charge on any atom is -0.322 e. The Bertz CT molecular complexity index is 636. The molecular formula is C16H14INO. The Balaban J connectivity index is 1.81. The highest BCUT2D eigenvalue weighted by Crippen LogP contribution is 2.23. The molecule has 2 nitrogen and oxygen atoms in total. The van der Waals surface area contributed by atoms with E-state index >= 15 is 0 Å². The van der Waals surface area contributed by atoms with E-state index in [9.17, 15) is 4.79 Å². The van der Waals surface area contributed by atoms with Crippen LogP contribution in [0.2, 0.25) is 0 Å². The van der Waals surface area contributed by atoms with Crippen LogP contribution in [0.3, 0.4) is 0 Å². The van der Waals surface area contributed by atoms with Gasteiger partial charge in [0.05, 0.1) is 0 Å². The summed E-state index contributed by atoms with van der Waals surface area (Å²) in [4.78, 5) is 12.2. The van der Waals surface area contributed by atoms with Gasteiger partial charge in [0, 0.05) is 14.8 Å². The van der Waals surface area contributed by atoms with Gasteiger partial charge in [-0.2, -0.15) is 0 Å². The molecule has 1 aliphatic rings. The third-order valence-electron chi connectivity index (χ3n) is 3.44. The maximum Gasteiger partial charge on any atom is 0.255 e. The number of rotatable bonds is 2. The highest BCUT2D eigenvalue weighted by Gasteiger charge is 2.13. The Hall–Kier alpha value is -1.36. The van der Waals surface area contributed by atoms with Crippen LogP contribution in [0, 0.1) is 3.57 Å². The number of anilines is 1. The molecule has 1 aliphatic carbocycles. The van der Waals surface area contributed by atoms with Gasteiger partial charge in [-0.15, -0.1) is 0 Å². The lowest BCUT2D eigenvalue weighted by molar-refractivity contribution is 0.102. The largest absolute Gasteiger partial charge is 0.322 e. The number of halogens is 1. The molecule has 0 saturated carbocycles. The van der Waals surface area contributed by atoms with Crippen molar-refractivity contribution in [3.8, 4) is 0 Å². The second-order valence-electron chi connectivity index (χ2n) is 4.80. The number of aryl methyl sites for hydroxylation is 2. The third-order valence-corrected chi connectivity index (χ3v) is 4.11. The lowest BCUT2D eigenvalue weighted by Gasteiger charge is -2.07. The summed E-state index contributed by atoms with van der Waals surface area (Å²) in [5.74, 6) is -0.0308. The van der Waals surface area contributed by atoms with Crippen LogP contribution in [0.25, 0.3) is 0 Å². The van der Waals surface area contributed by atoms with Crippen molar-refractivity contribution in [2.75, 3.05) is 5.32 Å². The standard InChI is InChI=1S/C16H14INO/c17-14-5-2-6-15(10-14)18-16(19)13-8-7-11-3-1-4-12(11)9-13/h2,5-10H,1,3-4H2,(H,18,19). The van der Waals surface area contributed by atoms with E-state index in [1.54, 1.807) is 0 Å². The van der Waals surface area contributed by atoms with Crippen molar-refractivity contribution in [2.45, 2.75) is 19.3 Å². The molecule has 2 aromatic rings. The molecule has 0 bridgehead atoms. The van der Waals surface area contributed by atoms with Crippen molar-refractivity contribution in [3.63, 3.8) is 0 Å². The SMILES string of the molecule is O=C(Nc1cccc(I)c1)c1ccc2c(c1)CCC2. The molecule has 1 N–H and O–H groups in total. The summed E-state index contributed by atoms with van der Waals surface area (Å²) in [6.07, 6.45) is 3.45. The van der Waals surface area contributed by atoms with E-state index in [4.69, 9.17) is 0 Å². The Morgan fingerprint density at radius 3 is 2.74 bits per heavy atom. The first-order valence-electron chi connectivity index (χ1n) is 6.41. The molecule has 0 aliphatic heterocycles. The van der Waals surface area contributed by atoms with Crippen molar-refractivity contribution < 1.29 is 4.79 Å². The molecule has 0 aromatic heterocycles. The van der Waals surface area contributed by atoms with Gasteiger partial charge in [0.1, 0.15) is 0 Å². The van der Waals surface area contributed by atoms with Gasteiger partial charge < -0.3 is 5.32 Å². The smallest absolute Gasteiger partial charge is 0.255 e. The fraction of sp³-hybridized carbons (Fsp3) is 0.188. The fourth-order valence-corrected chi connectivity index (χ4v) is 3.03. The predicted octanol–water partition coefficient (Wildman–Crippen LogP) is 4.03. The zero-order valence-corrected chi connectivity index (χ0v) is 12.6. The molecule has 0 atom stereocenters. The van der Waals surface area contributed by atoms with E-state index in [1.165, 1.54) is 17.5 Å². The van der Waals surface area contributed by atoms with Crippen LogP contribution in [0.1, 0.15) is 27.9 Å². The first kappa shape index (κ1) is 12.7. The Labute approximate surface area is 126 Å². The van der Waals surface area contributed by atoms with Gasteiger partial charge in [-0.25, -0.2) is 0 Å². The first-order valence-corrected chi connectivity index (χ1v) is 7.49. The highest BCUT2D eigenvalue weighted by molar-refractivity contribution is 14.1. The minimum absolute atomic E-state index is 0.0308. The highest BCUT2D eigenvalue weighted by atomic mass is 127. The van der Waals surface area contributed by atoms with Crippen LogP contribution in [0.4, 0.5) is 5.69 Å².